The lowest BCUT2D eigenvalue weighted by molar-refractivity contribution is 0.0740. The smallest absolute Gasteiger partial charge is 0.280 e. The van der Waals surface area contributed by atoms with Gasteiger partial charge in [0.05, 0.1) is 29.4 Å². The number of carbonyl (C=O) groups is 1. The van der Waals surface area contributed by atoms with Gasteiger partial charge in [0, 0.05) is 31.5 Å². The van der Waals surface area contributed by atoms with Crippen LogP contribution >= 0.6 is 0 Å². The number of H-pyrrole nitrogens is 1. The lowest BCUT2D eigenvalue weighted by Gasteiger charge is -2.28. The molecule has 0 spiro atoms. The first-order chi connectivity index (χ1) is 16.0. The topological polar surface area (TPSA) is 113 Å². The summed E-state index contributed by atoms with van der Waals surface area (Å²) in [4.78, 5) is 30.0. The largest absolute Gasteiger partial charge is 0.384 e. The normalized spacial score (nSPS) is 14.7. The number of rotatable bonds is 7. The van der Waals surface area contributed by atoms with Crippen LogP contribution in [0.5, 0.6) is 0 Å². The molecule has 3 aromatic rings. The number of carbonyl (C=O) groups excluding carboxylic acids is 1. The van der Waals surface area contributed by atoms with Gasteiger partial charge in [-0.2, -0.15) is 5.26 Å². The molecule has 1 aliphatic carbocycles. The van der Waals surface area contributed by atoms with Crippen molar-refractivity contribution in [3.8, 4) is 23.0 Å². The predicted molar refractivity (Wildman–Crippen MR) is 124 cm³/mol. The van der Waals surface area contributed by atoms with E-state index < -0.39 is 0 Å². The third-order valence-electron chi connectivity index (χ3n) is 6.40. The molecule has 0 radical (unpaired) electrons. The molecule has 1 amide bonds. The Morgan fingerprint density at radius 1 is 1.27 bits per heavy atom. The van der Waals surface area contributed by atoms with Crippen molar-refractivity contribution < 1.29 is 9.53 Å². The number of aryl methyl sites for hydroxylation is 1. The highest BCUT2D eigenvalue weighted by molar-refractivity contribution is 5.94. The summed E-state index contributed by atoms with van der Waals surface area (Å²) in [6, 6.07) is 10.6. The quantitative estimate of drug-likeness (QED) is 0.579. The fraction of sp³-hybridized carbons (Fsp3) is 0.360. The van der Waals surface area contributed by atoms with Crippen LogP contribution in [0.1, 0.15) is 47.2 Å². The molecule has 33 heavy (non-hydrogen) atoms. The first kappa shape index (κ1) is 22.5. The van der Waals surface area contributed by atoms with Crippen LogP contribution in [0, 0.1) is 23.7 Å². The van der Waals surface area contributed by atoms with E-state index in [0.717, 1.165) is 36.8 Å². The average molecular weight is 446 g/mol. The molecule has 1 fully saturated rings. The SMILES string of the molecule is COCC1(CNC(=O)c2ccc(-n3[nH]cc(-c4ccc(C#N)cc4C)c3=O)nc2)CCCC1. The van der Waals surface area contributed by atoms with Crippen LogP contribution in [0.4, 0.5) is 0 Å². The molecule has 0 atom stereocenters. The van der Waals surface area contributed by atoms with Gasteiger partial charge in [0.2, 0.25) is 0 Å². The van der Waals surface area contributed by atoms with Crippen molar-refractivity contribution in [2.45, 2.75) is 32.6 Å². The summed E-state index contributed by atoms with van der Waals surface area (Å²) in [5.41, 5.74) is 2.81. The van der Waals surface area contributed by atoms with Crippen LogP contribution in [0.15, 0.2) is 47.5 Å². The summed E-state index contributed by atoms with van der Waals surface area (Å²) in [6.07, 6.45) is 7.51. The Morgan fingerprint density at radius 2 is 2.06 bits per heavy atom. The van der Waals surface area contributed by atoms with Crippen molar-refractivity contribution in [3.05, 3.63) is 69.8 Å². The third-order valence-corrected chi connectivity index (χ3v) is 6.40. The number of hydrogen-bond acceptors (Lipinski definition) is 5. The fourth-order valence-corrected chi connectivity index (χ4v) is 4.59. The Labute approximate surface area is 192 Å². The number of ether oxygens (including phenoxy) is 1. The van der Waals surface area contributed by atoms with E-state index in [-0.39, 0.29) is 16.9 Å². The molecule has 0 aliphatic heterocycles. The number of aromatic nitrogens is 3. The number of amides is 1. The van der Waals surface area contributed by atoms with Gasteiger partial charge >= 0.3 is 0 Å². The van der Waals surface area contributed by atoms with E-state index in [2.05, 4.69) is 21.5 Å². The minimum atomic E-state index is -0.254. The summed E-state index contributed by atoms with van der Waals surface area (Å²) in [5, 5.41) is 15.0. The third kappa shape index (κ3) is 4.59. The molecule has 2 N–H and O–H groups in total. The molecule has 4 rings (SSSR count). The molecule has 2 heterocycles. The van der Waals surface area contributed by atoms with Crippen LogP contribution in [-0.4, -0.2) is 40.9 Å². The zero-order valence-corrected chi connectivity index (χ0v) is 18.9. The van der Waals surface area contributed by atoms with Gasteiger partial charge in [-0.15, -0.1) is 0 Å². The Hall–Kier alpha value is -3.70. The molecular formula is C25H27N5O3. The van der Waals surface area contributed by atoms with Gasteiger partial charge in [-0.1, -0.05) is 18.9 Å². The summed E-state index contributed by atoms with van der Waals surface area (Å²) < 4.78 is 6.72. The van der Waals surface area contributed by atoms with Crippen molar-refractivity contribution in [2.24, 2.45) is 5.41 Å². The van der Waals surface area contributed by atoms with Gasteiger partial charge in [0.1, 0.15) is 0 Å². The van der Waals surface area contributed by atoms with Crippen molar-refractivity contribution >= 4 is 5.91 Å². The molecule has 0 unspecified atom stereocenters. The first-order valence-electron chi connectivity index (χ1n) is 11.0. The molecule has 1 saturated carbocycles. The van der Waals surface area contributed by atoms with Gasteiger partial charge in [0.15, 0.2) is 5.82 Å². The second-order valence-corrected chi connectivity index (χ2v) is 8.70. The Kier molecular flexibility index (Phi) is 6.43. The van der Waals surface area contributed by atoms with Crippen molar-refractivity contribution in [1.82, 2.24) is 20.1 Å². The number of pyridine rings is 1. The van der Waals surface area contributed by atoms with Crippen molar-refractivity contribution in [2.75, 3.05) is 20.3 Å². The molecule has 0 bridgehead atoms. The maximum Gasteiger partial charge on any atom is 0.280 e. The molecule has 8 heteroatoms. The minimum absolute atomic E-state index is 0.00924. The standard InChI is InChI=1S/C25H27N5O3/c1-17-11-18(12-26)5-7-20(17)21-14-29-30(24(21)32)22-8-6-19(13-27-22)23(31)28-15-25(16-33-2)9-3-4-10-25/h5-8,11,13-14,29H,3-4,9-10,15-16H2,1-2H3,(H,28,31). The number of benzene rings is 1. The monoisotopic (exact) mass is 445 g/mol. The number of methoxy groups -OCH3 is 1. The molecule has 8 nitrogen and oxygen atoms in total. The van der Waals surface area contributed by atoms with Crippen LogP contribution in [0.3, 0.4) is 0 Å². The van der Waals surface area contributed by atoms with Crippen molar-refractivity contribution in [1.29, 1.82) is 5.26 Å². The van der Waals surface area contributed by atoms with Crippen LogP contribution in [-0.2, 0) is 4.74 Å². The number of nitrogens with one attached hydrogen (secondary N) is 2. The number of nitriles is 1. The predicted octanol–water partition coefficient (Wildman–Crippen LogP) is 3.34. The zero-order chi connectivity index (χ0) is 23.4. The second-order valence-electron chi connectivity index (χ2n) is 8.70. The zero-order valence-electron chi connectivity index (χ0n) is 18.9. The van der Waals surface area contributed by atoms with Crippen LogP contribution in [0.2, 0.25) is 0 Å². The summed E-state index contributed by atoms with van der Waals surface area (Å²) in [5.74, 6) is 0.199. The lowest BCUT2D eigenvalue weighted by atomic mass is 9.87. The van der Waals surface area contributed by atoms with E-state index in [1.807, 2.05) is 6.92 Å². The number of nitrogens with zero attached hydrogens (tertiary/aromatic N) is 3. The van der Waals surface area contributed by atoms with E-state index in [0.29, 0.717) is 35.7 Å². The van der Waals surface area contributed by atoms with Gasteiger partial charge in [-0.3, -0.25) is 14.7 Å². The van der Waals surface area contributed by atoms with E-state index in [1.54, 1.807) is 43.6 Å². The highest BCUT2D eigenvalue weighted by Gasteiger charge is 2.34. The lowest BCUT2D eigenvalue weighted by Crippen LogP contribution is -2.38. The summed E-state index contributed by atoms with van der Waals surface area (Å²) in [7, 11) is 1.70. The molecule has 170 valence electrons. The van der Waals surface area contributed by atoms with Gasteiger partial charge in [-0.05, 0) is 55.2 Å². The average Bonchev–Trinajstić information content (AvgIpc) is 3.45. The molecule has 0 saturated heterocycles. The van der Waals surface area contributed by atoms with E-state index in [9.17, 15) is 9.59 Å². The summed E-state index contributed by atoms with van der Waals surface area (Å²) in [6.45, 7) is 3.08. The van der Waals surface area contributed by atoms with Gasteiger partial charge in [-0.25, -0.2) is 9.67 Å². The van der Waals surface area contributed by atoms with E-state index in [4.69, 9.17) is 10.00 Å². The highest BCUT2D eigenvalue weighted by atomic mass is 16.5. The second kappa shape index (κ2) is 9.43. The van der Waals surface area contributed by atoms with E-state index >= 15 is 0 Å². The molecule has 2 aromatic heterocycles. The Morgan fingerprint density at radius 3 is 2.70 bits per heavy atom. The Balaban J connectivity index is 1.49. The van der Waals surface area contributed by atoms with Gasteiger partial charge in [0.25, 0.3) is 11.5 Å². The number of hydrogen-bond donors (Lipinski definition) is 2. The molecular weight excluding hydrogens is 418 g/mol. The van der Waals surface area contributed by atoms with Crippen LogP contribution < -0.4 is 10.9 Å². The highest BCUT2D eigenvalue weighted by Crippen LogP contribution is 2.37. The van der Waals surface area contributed by atoms with Gasteiger partial charge < -0.3 is 10.1 Å². The molecule has 1 aromatic carbocycles. The van der Waals surface area contributed by atoms with Crippen LogP contribution in [0.25, 0.3) is 16.9 Å². The maximum absolute atomic E-state index is 13.0. The number of aromatic amines is 1. The first-order valence-corrected chi connectivity index (χ1v) is 11.0. The summed E-state index contributed by atoms with van der Waals surface area (Å²) >= 11 is 0. The van der Waals surface area contributed by atoms with Crippen molar-refractivity contribution in [3.63, 3.8) is 0 Å². The minimum Gasteiger partial charge on any atom is -0.384 e. The maximum atomic E-state index is 13.0. The molecule has 1 aliphatic rings. The fourth-order valence-electron chi connectivity index (χ4n) is 4.59. The van der Waals surface area contributed by atoms with E-state index in [1.165, 1.54) is 10.9 Å². The Bertz CT molecular complexity index is 1240.